The summed E-state index contributed by atoms with van der Waals surface area (Å²) in [5, 5.41) is 19.8. The summed E-state index contributed by atoms with van der Waals surface area (Å²) in [5.41, 5.74) is 2.72. The molecule has 1 aliphatic heterocycles. The Labute approximate surface area is 210 Å². The van der Waals surface area contributed by atoms with Gasteiger partial charge in [0.25, 0.3) is 0 Å². The molecule has 0 saturated carbocycles. The summed E-state index contributed by atoms with van der Waals surface area (Å²) >= 11 is 0. The van der Waals surface area contributed by atoms with Crippen LogP contribution in [0.15, 0.2) is 30.3 Å². The summed E-state index contributed by atoms with van der Waals surface area (Å²) in [6, 6.07) is 8.79. The zero-order chi connectivity index (χ0) is 26.0. The molecule has 0 radical (unpaired) electrons. The molecule has 1 aliphatic rings. The van der Waals surface area contributed by atoms with E-state index in [1.165, 1.54) is 0 Å². The highest BCUT2D eigenvalue weighted by Gasteiger charge is 2.40. The van der Waals surface area contributed by atoms with Gasteiger partial charge in [-0.25, -0.2) is 18.3 Å². The summed E-state index contributed by atoms with van der Waals surface area (Å²) in [5.74, 6) is 5.27. The number of benzene rings is 1. The Morgan fingerprint density at radius 3 is 2.57 bits per heavy atom. The van der Waals surface area contributed by atoms with Crippen molar-refractivity contribution < 1.29 is 24.0 Å². The van der Waals surface area contributed by atoms with Crippen molar-refractivity contribution in [3.05, 3.63) is 52.7 Å². The quantitative estimate of drug-likeness (QED) is 0.465. The molecule has 188 valence electrons. The molecule has 1 aromatic heterocycles. The minimum absolute atomic E-state index is 0.0852. The maximum atomic E-state index is 13.4. The van der Waals surface area contributed by atoms with Crippen LogP contribution in [-0.2, 0) is 22.3 Å². The minimum Gasteiger partial charge on any atom is -0.461 e. The molecule has 2 heterocycles. The number of carbonyl (C=O) groups is 1. The fourth-order valence-corrected chi connectivity index (χ4v) is 5.37. The van der Waals surface area contributed by atoms with Gasteiger partial charge in [0, 0.05) is 29.8 Å². The molecule has 0 amide bonds. The number of aromatic nitrogens is 1. The van der Waals surface area contributed by atoms with Crippen LogP contribution in [0.3, 0.4) is 0 Å². The summed E-state index contributed by atoms with van der Waals surface area (Å²) in [7, 11) is -1.35. The second-order valence-corrected chi connectivity index (χ2v) is 12.2. The zero-order valence-corrected chi connectivity index (χ0v) is 22.0. The van der Waals surface area contributed by atoms with Crippen molar-refractivity contribution in [2.45, 2.75) is 70.9 Å². The molecule has 2 atom stereocenters. The predicted molar refractivity (Wildman–Crippen MR) is 137 cm³/mol. The van der Waals surface area contributed by atoms with Gasteiger partial charge in [0.15, 0.2) is 0 Å². The number of nitrogens with zero attached hydrogens (tertiary/aromatic N) is 2. The molecule has 3 rings (SSSR count). The fourth-order valence-electron chi connectivity index (χ4n) is 3.97. The average Bonchev–Trinajstić information content (AvgIpc) is 3.14. The van der Waals surface area contributed by atoms with Crippen LogP contribution in [0.1, 0.15) is 81.2 Å². The number of hydrogen-bond acceptors (Lipinski definition) is 6. The molecule has 0 fully saturated rings. The monoisotopic (exact) mass is 498 g/mol. The lowest BCUT2D eigenvalue weighted by Gasteiger charge is -2.30. The van der Waals surface area contributed by atoms with Crippen LogP contribution in [0.25, 0.3) is 11.3 Å². The number of aliphatic hydroxyl groups is 2. The van der Waals surface area contributed by atoms with E-state index in [0.717, 1.165) is 16.7 Å². The summed E-state index contributed by atoms with van der Waals surface area (Å²) in [6.45, 7) is 11.2. The normalized spacial score (nSPS) is 16.9. The van der Waals surface area contributed by atoms with E-state index in [1.807, 2.05) is 49.3 Å². The van der Waals surface area contributed by atoms with Crippen molar-refractivity contribution in [3.8, 4) is 23.1 Å². The van der Waals surface area contributed by atoms with E-state index < -0.39 is 27.3 Å². The van der Waals surface area contributed by atoms with Gasteiger partial charge >= 0.3 is 5.97 Å². The first-order chi connectivity index (χ1) is 16.4. The second-order valence-electron chi connectivity index (χ2n) is 10.0. The van der Waals surface area contributed by atoms with Gasteiger partial charge in [-0.3, -0.25) is 0 Å². The first-order valence-electron chi connectivity index (χ1n) is 11.7. The molecule has 0 bridgehead atoms. The highest BCUT2D eigenvalue weighted by atomic mass is 32.2. The smallest absolute Gasteiger partial charge is 0.356 e. The summed E-state index contributed by atoms with van der Waals surface area (Å²) in [4.78, 5) is 17.3. The van der Waals surface area contributed by atoms with Crippen molar-refractivity contribution in [3.63, 3.8) is 0 Å². The second kappa shape index (κ2) is 10.6. The maximum absolute atomic E-state index is 13.4. The number of fused-ring (bicyclic) bond motifs is 1. The van der Waals surface area contributed by atoms with Gasteiger partial charge in [-0.05, 0) is 71.7 Å². The van der Waals surface area contributed by atoms with Gasteiger partial charge in [0.05, 0.1) is 23.1 Å². The number of aliphatic hydroxyl groups excluding tert-OH is 1. The number of esters is 1. The molecule has 7 nitrogen and oxygen atoms in total. The lowest BCUT2D eigenvalue weighted by atomic mass is 9.95. The highest BCUT2D eigenvalue weighted by molar-refractivity contribution is 7.84. The Hall–Kier alpha value is -2.57. The standard InChI is InChI=1S/C27H34N2O5S/c1-7-34-25(31)21-16-20-17-29(35(33)26(2,3)4)22(12-14-30)23(20)24(28-21)19-10-8-9-18(15-19)11-13-27(5,6)32/h8-10,15-16,22,30,32H,7,12,14,17H2,1-6H3/t22-,35-/m0/s1. The van der Waals surface area contributed by atoms with E-state index >= 15 is 0 Å². The molecule has 2 N–H and O–H groups in total. The minimum atomic E-state index is -1.35. The van der Waals surface area contributed by atoms with E-state index in [0.29, 0.717) is 24.2 Å². The van der Waals surface area contributed by atoms with Crippen LogP contribution < -0.4 is 0 Å². The Morgan fingerprint density at radius 1 is 1.26 bits per heavy atom. The van der Waals surface area contributed by atoms with Gasteiger partial charge in [-0.1, -0.05) is 24.0 Å². The van der Waals surface area contributed by atoms with E-state index in [2.05, 4.69) is 11.8 Å². The first kappa shape index (κ1) is 27.0. The number of carbonyl (C=O) groups excluding carboxylic acids is 1. The predicted octanol–water partition coefficient (Wildman–Crippen LogP) is 3.75. The molecule has 0 aliphatic carbocycles. The van der Waals surface area contributed by atoms with Gasteiger partial charge in [0.2, 0.25) is 0 Å². The lowest BCUT2D eigenvalue weighted by molar-refractivity contribution is 0.0519. The zero-order valence-electron chi connectivity index (χ0n) is 21.2. The SMILES string of the molecule is CCOC(=O)c1cc2c(c(-c3cccc(C#CC(C)(C)O)c3)n1)[C@H](CCO)N([S@@](=O)C(C)(C)C)C2. The fraction of sp³-hybridized carbons (Fsp3) is 0.481. The molecule has 1 aromatic carbocycles. The summed E-state index contributed by atoms with van der Waals surface area (Å²) < 4.78 is 20.0. The summed E-state index contributed by atoms with van der Waals surface area (Å²) in [6.07, 6.45) is 0.375. The average molecular weight is 499 g/mol. The Kier molecular flexibility index (Phi) is 8.17. The molecule has 0 spiro atoms. The van der Waals surface area contributed by atoms with E-state index in [-0.39, 0.29) is 24.9 Å². The van der Waals surface area contributed by atoms with Gasteiger partial charge in [0.1, 0.15) is 22.3 Å². The maximum Gasteiger partial charge on any atom is 0.356 e. The number of rotatable bonds is 6. The van der Waals surface area contributed by atoms with Crippen LogP contribution in [0, 0.1) is 11.8 Å². The Bertz CT molecular complexity index is 1180. The molecule has 2 aromatic rings. The van der Waals surface area contributed by atoms with Crippen LogP contribution >= 0.6 is 0 Å². The molecule has 35 heavy (non-hydrogen) atoms. The number of pyridine rings is 1. The Balaban J connectivity index is 2.22. The van der Waals surface area contributed by atoms with Crippen LogP contribution in [0.5, 0.6) is 0 Å². The van der Waals surface area contributed by atoms with Crippen molar-refractivity contribution in [2.24, 2.45) is 0 Å². The molecule has 0 saturated heterocycles. The van der Waals surface area contributed by atoms with E-state index in [1.54, 1.807) is 26.8 Å². The number of hydrogen-bond donors (Lipinski definition) is 2. The molecule has 8 heteroatoms. The van der Waals surface area contributed by atoms with Crippen molar-refractivity contribution in [1.82, 2.24) is 9.29 Å². The first-order valence-corrected chi connectivity index (χ1v) is 12.8. The molecule has 0 unspecified atom stereocenters. The molecular weight excluding hydrogens is 464 g/mol. The van der Waals surface area contributed by atoms with Crippen LogP contribution in [0.4, 0.5) is 0 Å². The van der Waals surface area contributed by atoms with Gasteiger partial charge in [-0.2, -0.15) is 0 Å². The third kappa shape index (κ3) is 6.36. The number of ether oxygens (including phenoxy) is 1. The van der Waals surface area contributed by atoms with E-state index in [9.17, 15) is 19.2 Å². The van der Waals surface area contributed by atoms with Crippen molar-refractivity contribution >= 4 is 17.0 Å². The van der Waals surface area contributed by atoms with E-state index in [4.69, 9.17) is 9.72 Å². The van der Waals surface area contributed by atoms with Crippen LogP contribution in [-0.4, -0.2) is 53.2 Å². The lowest BCUT2D eigenvalue weighted by Crippen LogP contribution is -2.36. The topological polar surface area (TPSA) is 100.0 Å². The van der Waals surface area contributed by atoms with Gasteiger partial charge < -0.3 is 14.9 Å². The molecular formula is C27H34N2O5S. The highest BCUT2D eigenvalue weighted by Crippen LogP contribution is 2.44. The largest absolute Gasteiger partial charge is 0.461 e. The Morgan fingerprint density at radius 2 is 1.97 bits per heavy atom. The third-order valence-corrected chi connectivity index (χ3v) is 7.28. The van der Waals surface area contributed by atoms with Crippen molar-refractivity contribution in [2.75, 3.05) is 13.2 Å². The third-order valence-electron chi connectivity index (χ3n) is 5.42. The van der Waals surface area contributed by atoms with Crippen molar-refractivity contribution in [1.29, 1.82) is 0 Å². The van der Waals surface area contributed by atoms with Crippen LogP contribution in [0.2, 0.25) is 0 Å². The van der Waals surface area contributed by atoms with Gasteiger partial charge in [-0.15, -0.1) is 0 Å².